The number of carboxylic acids is 1. The van der Waals surface area contributed by atoms with Crippen molar-refractivity contribution in [1.82, 2.24) is 5.32 Å². The van der Waals surface area contributed by atoms with E-state index in [1.807, 2.05) is 0 Å². The summed E-state index contributed by atoms with van der Waals surface area (Å²) in [6, 6.07) is -1.00. The zero-order valence-corrected chi connectivity index (χ0v) is 10.6. The van der Waals surface area contributed by atoms with E-state index in [1.54, 1.807) is 6.92 Å². The van der Waals surface area contributed by atoms with Gasteiger partial charge in [-0.1, -0.05) is 13.3 Å². The molecule has 1 unspecified atom stereocenters. The molecule has 1 amide bonds. The second-order valence-corrected chi connectivity index (χ2v) is 3.83. The smallest absolute Gasteiger partial charge is 0.480 e. The van der Waals surface area contributed by atoms with Gasteiger partial charge < -0.3 is 24.0 Å². The van der Waals surface area contributed by atoms with Crippen LogP contribution in [-0.2, 0) is 16.1 Å². The summed E-state index contributed by atoms with van der Waals surface area (Å²) in [6.07, 6.45) is 0.00103. The number of rotatable bonds is 6. The maximum atomic E-state index is 11.4. The number of alkyl carbamates (subject to hydrolysis) is 1. The minimum atomic E-state index is -1.13. The number of hydrogen-bond acceptors (Lipinski definition) is 6. The lowest BCUT2D eigenvalue weighted by atomic mass is 10.2. The highest BCUT2D eigenvalue weighted by Gasteiger charge is 2.20. The largest absolute Gasteiger partial charge is 0.519 e. The zero-order valence-electron chi connectivity index (χ0n) is 10.6. The predicted octanol–water partition coefficient (Wildman–Crippen LogP) is 1.02. The number of hydrogen-bond donors (Lipinski definition) is 2. The molecule has 0 fully saturated rings. The van der Waals surface area contributed by atoms with Crippen LogP contribution in [-0.4, -0.2) is 23.2 Å². The fourth-order valence-corrected chi connectivity index (χ4v) is 1.37. The molecule has 0 aliphatic carbocycles. The highest BCUT2D eigenvalue weighted by atomic mass is 16.6. The van der Waals surface area contributed by atoms with Crippen LogP contribution >= 0.6 is 0 Å². The van der Waals surface area contributed by atoms with Crippen molar-refractivity contribution in [2.45, 2.75) is 39.3 Å². The molecule has 0 spiro atoms. The first kappa shape index (κ1) is 14.8. The van der Waals surface area contributed by atoms with E-state index < -0.39 is 23.9 Å². The summed E-state index contributed by atoms with van der Waals surface area (Å²) in [7, 11) is 0. The number of amides is 1. The van der Waals surface area contributed by atoms with Crippen LogP contribution < -0.4 is 11.1 Å². The van der Waals surface area contributed by atoms with Gasteiger partial charge in [0.05, 0.1) is 0 Å². The van der Waals surface area contributed by atoms with Crippen LogP contribution in [0.4, 0.5) is 4.79 Å². The molecule has 1 aromatic heterocycles. The maximum absolute atomic E-state index is 11.4. The number of aliphatic carboxylic acids is 1. The van der Waals surface area contributed by atoms with Crippen molar-refractivity contribution < 1.29 is 28.3 Å². The maximum Gasteiger partial charge on any atom is 0.519 e. The van der Waals surface area contributed by atoms with Gasteiger partial charge in [0, 0.05) is 0 Å². The van der Waals surface area contributed by atoms with Crippen LogP contribution in [0.2, 0.25) is 0 Å². The molecule has 1 atom stereocenters. The fourth-order valence-electron chi connectivity index (χ4n) is 1.37. The van der Waals surface area contributed by atoms with Gasteiger partial charge in [-0.3, -0.25) is 0 Å². The van der Waals surface area contributed by atoms with Crippen LogP contribution in [0.3, 0.4) is 0 Å². The van der Waals surface area contributed by atoms with E-state index in [-0.39, 0.29) is 18.1 Å². The molecule has 0 aliphatic rings. The minimum absolute atomic E-state index is 0.0857. The second kappa shape index (κ2) is 6.62. The third-order valence-electron chi connectivity index (χ3n) is 2.34. The Morgan fingerprint density at radius 3 is 2.58 bits per heavy atom. The average Bonchev–Trinajstić information content (AvgIpc) is 2.64. The molecule has 0 aliphatic heterocycles. The van der Waals surface area contributed by atoms with Crippen molar-refractivity contribution in [3.8, 4) is 0 Å². The number of carbonyl (C=O) groups is 2. The summed E-state index contributed by atoms with van der Waals surface area (Å²) in [6.45, 7) is 2.98. The van der Waals surface area contributed by atoms with Crippen LogP contribution in [0.1, 0.15) is 31.3 Å². The summed E-state index contributed by atoms with van der Waals surface area (Å²) in [5.41, 5.74) is 0. The predicted molar refractivity (Wildman–Crippen MR) is 61.6 cm³/mol. The number of nitrogens with one attached hydrogen (secondary N) is 1. The monoisotopic (exact) mass is 273 g/mol. The second-order valence-electron chi connectivity index (χ2n) is 3.83. The molecule has 19 heavy (non-hydrogen) atoms. The van der Waals surface area contributed by atoms with Gasteiger partial charge in [-0.05, 0) is 13.3 Å². The average molecular weight is 273 g/mol. The topological polar surface area (TPSA) is 119 Å². The molecular weight excluding hydrogens is 258 g/mol. The first-order valence-corrected chi connectivity index (χ1v) is 5.69. The van der Waals surface area contributed by atoms with E-state index in [0.717, 1.165) is 0 Å². The van der Waals surface area contributed by atoms with Crippen LogP contribution in [0, 0.1) is 6.92 Å². The quantitative estimate of drug-likeness (QED) is 0.794. The highest BCUT2D eigenvalue weighted by molar-refractivity contribution is 5.79. The molecule has 8 heteroatoms. The van der Waals surface area contributed by atoms with Crippen molar-refractivity contribution in [2.24, 2.45) is 0 Å². The SMILES string of the molecule is CCCC(NC(=O)OCc1oc(=O)oc1C)C(=O)O. The first-order valence-electron chi connectivity index (χ1n) is 5.69. The lowest BCUT2D eigenvalue weighted by molar-refractivity contribution is -0.139. The van der Waals surface area contributed by atoms with E-state index in [2.05, 4.69) is 14.2 Å². The first-order chi connectivity index (χ1) is 8.93. The van der Waals surface area contributed by atoms with Gasteiger partial charge in [0.15, 0.2) is 18.1 Å². The van der Waals surface area contributed by atoms with Gasteiger partial charge in [-0.2, -0.15) is 0 Å². The lowest BCUT2D eigenvalue weighted by Crippen LogP contribution is -2.40. The Balaban J connectivity index is 2.49. The highest BCUT2D eigenvalue weighted by Crippen LogP contribution is 2.06. The van der Waals surface area contributed by atoms with Gasteiger partial charge in [-0.25, -0.2) is 14.4 Å². The van der Waals surface area contributed by atoms with Crippen molar-refractivity contribution in [1.29, 1.82) is 0 Å². The van der Waals surface area contributed by atoms with Crippen molar-refractivity contribution in [3.05, 3.63) is 22.1 Å². The number of carboxylic acid groups (broad SMARTS) is 1. The van der Waals surface area contributed by atoms with Gasteiger partial charge in [0.25, 0.3) is 0 Å². The van der Waals surface area contributed by atoms with E-state index in [4.69, 9.17) is 9.84 Å². The Labute approximate surface area is 108 Å². The summed E-state index contributed by atoms with van der Waals surface area (Å²) in [5.74, 6) is -1.72. The van der Waals surface area contributed by atoms with Crippen LogP contribution in [0.25, 0.3) is 0 Å². The van der Waals surface area contributed by atoms with Gasteiger partial charge in [0.2, 0.25) is 0 Å². The summed E-state index contributed by atoms with van der Waals surface area (Å²) in [4.78, 5) is 32.9. The van der Waals surface area contributed by atoms with Crippen LogP contribution in [0.5, 0.6) is 0 Å². The summed E-state index contributed by atoms with van der Waals surface area (Å²) in [5, 5.41) is 11.0. The molecule has 0 bridgehead atoms. The van der Waals surface area contributed by atoms with Crippen molar-refractivity contribution >= 4 is 12.1 Å². The van der Waals surface area contributed by atoms with E-state index in [0.29, 0.717) is 12.8 Å². The molecule has 0 radical (unpaired) electrons. The van der Waals surface area contributed by atoms with Crippen molar-refractivity contribution in [2.75, 3.05) is 0 Å². The molecule has 0 saturated heterocycles. The van der Waals surface area contributed by atoms with Gasteiger partial charge >= 0.3 is 17.9 Å². The fraction of sp³-hybridized carbons (Fsp3) is 0.545. The molecule has 1 heterocycles. The molecule has 0 saturated carbocycles. The number of ether oxygens (including phenoxy) is 1. The zero-order chi connectivity index (χ0) is 14.4. The van der Waals surface area contributed by atoms with Gasteiger partial charge in [0.1, 0.15) is 6.04 Å². The van der Waals surface area contributed by atoms with E-state index in [1.165, 1.54) is 6.92 Å². The van der Waals surface area contributed by atoms with Crippen LogP contribution in [0.15, 0.2) is 13.6 Å². The molecule has 0 aromatic carbocycles. The molecule has 1 rings (SSSR count). The molecule has 106 valence electrons. The Hall–Kier alpha value is -2.25. The molecule has 1 aromatic rings. The third-order valence-corrected chi connectivity index (χ3v) is 2.34. The van der Waals surface area contributed by atoms with Gasteiger partial charge in [-0.15, -0.1) is 0 Å². The Morgan fingerprint density at radius 2 is 2.11 bits per heavy atom. The molecule has 2 N–H and O–H groups in total. The molecular formula is C11H15NO7. The Bertz CT molecular complexity index is 501. The van der Waals surface area contributed by atoms with E-state index in [9.17, 15) is 14.4 Å². The minimum Gasteiger partial charge on any atom is -0.480 e. The standard InChI is InChI=1S/C11H15NO7/c1-3-4-7(9(13)14)12-10(15)17-5-8-6(2)18-11(16)19-8/h7H,3-5H2,1-2H3,(H,12,15)(H,13,14). The summed E-state index contributed by atoms with van der Waals surface area (Å²) < 4.78 is 13.9. The summed E-state index contributed by atoms with van der Waals surface area (Å²) >= 11 is 0. The number of carbonyl (C=O) groups excluding carboxylic acids is 1. The number of aryl methyl sites for hydroxylation is 1. The third kappa shape index (κ3) is 4.49. The van der Waals surface area contributed by atoms with Crippen molar-refractivity contribution in [3.63, 3.8) is 0 Å². The normalized spacial score (nSPS) is 11.9. The lowest BCUT2D eigenvalue weighted by Gasteiger charge is -2.12. The Morgan fingerprint density at radius 1 is 1.42 bits per heavy atom. The molecule has 8 nitrogen and oxygen atoms in total. The van der Waals surface area contributed by atoms with E-state index >= 15 is 0 Å². The Kier molecular flexibility index (Phi) is 5.16.